The van der Waals surface area contributed by atoms with E-state index in [2.05, 4.69) is 19.9 Å². The van der Waals surface area contributed by atoms with Crippen LogP contribution in [-0.2, 0) is 35.5 Å². The van der Waals surface area contributed by atoms with Gasteiger partial charge in [0.2, 0.25) is 5.82 Å². The molecule has 2 aromatic heterocycles. The summed E-state index contributed by atoms with van der Waals surface area (Å²) in [5.74, 6) is -1.10. The molecule has 4 rings (SSSR count). The van der Waals surface area contributed by atoms with Crippen LogP contribution in [0.5, 0.6) is 0 Å². The molecule has 1 aromatic carbocycles. The molecule has 10 heteroatoms. The number of hydrogen-bond acceptors (Lipinski definition) is 6. The molecule has 0 N–H and O–H groups in total. The third-order valence-corrected chi connectivity index (χ3v) is 6.17. The fourth-order valence-corrected chi connectivity index (χ4v) is 4.11. The summed E-state index contributed by atoms with van der Waals surface area (Å²) in [6, 6.07) is 12.1. The fourth-order valence-electron chi connectivity index (χ4n) is 3.48. The van der Waals surface area contributed by atoms with Gasteiger partial charge in [0.25, 0.3) is 0 Å². The van der Waals surface area contributed by atoms with Crippen LogP contribution in [0.2, 0.25) is 0 Å². The van der Waals surface area contributed by atoms with E-state index in [-0.39, 0.29) is 4.90 Å². The second kappa shape index (κ2) is 8.01. The molecule has 0 atom stereocenters. The van der Waals surface area contributed by atoms with Crippen molar-refractivity contribution in [1.82, 2.24) is 19.9 Å². The minimum Gasteiger partial charge on any atom is -0.293 e. The zero-order chi connectivity index (χ0) is 22.2. The molecular formula is C21H19F3N4O2S. The number of sulfone groups is 1. The molecular weight excluding hydrogens is 429 g/mol. The van der Waals surface area contributed by atoms with Gasteiger partial charge in [-0.1, -0.05) is 18.2 Å². The van der Waals surface area contributed by atoms with Crippen LogP contribution in [0.25, 0.3) is 11.3 Å². The van der Waals surface area contributed by atoms with E-state index in [1.165, 1.54) is 6.20 Å². The number of fused-ring (bicyclic) bond motifs is 1. The third kappa shape index (κ3) is 4.91. The first-order chi connectivity index (χ1) is 14.6. The van der Waals surface area contributed by atoms with Crippen LogP contribution < -0.4 is 0 Å². The Morgan fingerprint density at radius 2 is 1.81 bits per heavy atom. The molecule has 3 heterocycles. The van der Waals surface area contributed by atoms with Gasteiger partial charge in [-0.05, 0) is 24.3 Å². The molecule has 0 saturated carbocycles. The molecule has 0 bridgehead atoms. The van der Waals surface area contributed by atoms with Gasteiger partial charge in [0.05, 0.1) is 22.0 Å². The Morgan fingerprint density at radius 1 is 1.06 bits per heavy atom. The molecule has 0 unspecified atom stereocenters. The number of hydrogen-bond donors (Lipinski definition) is 0. The van der Waals surface area contributed by atoms with Gasteiger partial charge in [-0.15, -0.1) is 0 Å². The smallest absolute Gasteiger partial charge is 0.293 e. The highest BCUT2D eigenvalue weighted by molar-refractivity contribution is 7.90. The van der Waals surface area contributed by atoms with Gasteiger partial charge >= 0.3 is 6.18 Å². The normalized spacial score (nSPS) is 15.0. The van der Waals surface area contributed by atoms with Gasteiger partial charge in [0, 0.05) is 49.6 Å². The van der Waals surface area contributed by atoms with Crippen LogP contribution in [-0.4, -0.2) is 41.1 Å². The Labute approximate surface area is 177 Å². The molecule has 0 fully saturated rings. The average molecular weight is 448 g/mol. The standard InChI is InChI=1S/C21H19F3N4O2S/c1-31(29,30)17-7-5-14(6-8-17)18-4-2-3-16(26-18)13-28-10-9-19-15(12-28)11-25-20(27-19)21(22,23)24/h2-8,11H,9-10,12-13H2,1H3. The molecule has 0 aliphatic carbocycles. The molecule has 1 aliphatic rings. The molecule has 0 radical (unpaired) electrons. The Kier molecular flexibility index (Phi) is 5.52. The van der Waals surface area contributed by atoms with E-state index in [0.717, 1.165) is 17.5 Å². The number of pyridine rings is 1. The van der Waals surface area contributed by atoms with E-state index in [4.69, 9.17) is 0 Å². The van der Waals surface area contributed by atoms with Crippen molar-refractivity contribution >= 4 is 9.84 Å². The zero-order valence-corrected chi connectivity index (χ0v) is 17.4. The summed E-state index contributed by atoms with van der Waals surface area (Å²) in [7, 11) is -3.26. The minimum atomic E-state index is -4.55. The quantitative estimate of drug-likeness (QED) is 0.608. The van der Waals surface area contributed by atoms with Crippen molar-refractivity contribution in [2.45, 2.75) is 30.6 Å². The minimum absolute atomic E-state index is 0.246. The van der Waals surface area contributed by atoms with Gasteiger partial charge in [-0.25, -0.2) is 18.4 Å². The van der Waals surface area contributed by atoms with E-state index in [9.17, 15) is 21.6 Å². The highest BCUT2D eigenvalue weighted by Crippen LogP contribution is 2.28. The first-order valence-electron chi connectivity index (χ1n) is 9.50. The number of halogens is 3. The molecule has 3 aromatic rings. The molecule has 31 heavy (non-hydrogen) atoms. The molecule has 0 saturated heterocycles. The monoisotopic (exact) mass is 448 g/mol. The first-order valence-corrected chi connectivity index (χ1v) is 11.4. The number of rotatable bonds is 4. The van der Waals surface area contributed by atoms with E-state index in [1.54, 1.807) is 24.3 Å². The second-order valence-corrected chi connectivity index (χ2v) is 9.45. The summed E-state index contributed by atoms with van der Waals surface area (Å²) in [4.78, 5) is 14.1. The van der Waals surface area contributed by atoms with Crippen molar-refractivity contribution in [3.05, 3.63) is 71.4 Å². The lowest BCUT2D eigenvalue weighted by atomic mass is 10.1. The maximum absolute atomic E-state index is 12.8. The van der Waals surface area contributed by atoms with Gasteiger partial charge in [0.15, 0.2) is 9.84 Å². The van der Waals surface area contributed by atoms with Crippen molar-refractivity contribution in [1.29, 1.82) is 0 Å². The summed E-state index contributed by atoms with van der Waals surface area (Å²) in [5.41, 5.74) is 3.44. The lowest BCUT2D eigenvalue weighted by molar-refractivity contribution is -0.145. The Balaban J connectivity index is 1.49. The van der Waals surface area contributed by atoms with E-state index >= 15 is 0 Å². The molecule has 0 spiro atoms. The maximum atomic E-state index is 12.8. The van der Waals surface area contributed by atoms with Gasteiger partial charge in [-0.3, -0.25) is 9.88 Å². The van der Waals surface area contributed by atoms with Crippen LogP contribution in [0, 0.1) is 0 Å². The lowest BCUT2D eigenvalue weighted by Crippen LogP contribution is -2.32. The van der Waals surface area contributed by atoms with Gasteiger partial charge in [0.1, 0.15) is 0 Å². The SMILES string of the molecule is CS(=O)(=O)c1ccc(-c2cccc(CN3CCc4nc(C(F)(F)F)ncc4C3)n2)cc1. The summed E-state index contributed by atoms with van der Waals surface area (Å²) < 4.78 is 61.7. The maximum Gasteiger partial charge on any atom is 0.451 e. The van der Waals surface area contributed by atoms with Crippen LogP contribution in [0.4, 0.5) is 13.2 Å². The first kappa shape index (κ1) is 21.4. The van der Waals surface area contributed by atoms with Crippen LogP contribution in [0.3, 0.4) is 0 Å². The predicted molar refractivity (Wildman–Crippen MR) is 108 cm³/mol. The average Bonchev–Trinajstić information content (AvgIpc) is 2.72. The Bertz CT molecular complexity index is 1210. The van der Waals surface area contributed by atoms with Gasteiger partial charge in [-0.2, -0.15) is 13.2 Å². The topological polar surface area (TPSA) is 76.1 Å². The molecule has 162 valence electrons. The van der Waals surface area contributed by atoms with Crippen LogP contribution in [0.15, 0.2) is 53.6 Å². The van der Waals surface area contributed by atoms with E-state index in [0.29, 0.717) is 43.0 Å². The molecule has 0 amide bonds. The number of alkyl halides is 3. The number of nitrogens with zero attached hydrogens (tertiary/aromatic N) is 4. The van der Waals surface area contributed by atoms with Crippen LogP contribution in [0.1, 0.15) is 22.8 Å². The van der Waals surface area contributed by atoms with Crippen molar-refractivity contribution in [3.63, 3.8) is 0 Å². The van der Waals surface area contributed by atoms with Crippen LogP contribution >= 0.6 is 0 Å². The lowest BCUT2D eigenvalue weighted by Gasteiger charge is -2.27. The fraction of sp³-hybridized carbons (Fsp3) is 0.286. The largest absolute Gasteiger partial charge is 0.451 e. The van der Waals surface area contributed by atoms with E-state index < -0.39 is 21.8 Å². The van der Waals surface area contributed by atoms with Crippen molar-refractivity contribution in [2.75, 3.05) is 12.8 Å². The summed E-state index contributed by atoms with van der Waals surface area (Å²) in [6.45, 7) is 1.54. The van der Waals surface area contributed by atoms with Crippen molar-refractivity contribution in [3.8, 4) is 11.3 Å². The molecule has 6 nitrogen and oxygen atoms in total. The zero-order valence-electron chi connectivity index (χ0n) is 16.6. The number of benzene rings is 1. The van der Waals surface area contributed by atoms with Gasteiger partial charge < -0.3 is 0 Å². The molecule has 1 aliphatic heterocycles. The summed E-state index contributed by atoms with van der Waals surface area (Å²) >= 11 is 0. The Morgan fingerprint density at radius 3 is 2.48 bits per heavy atom. The predicted octanol–water partition coefficient (Wildman–Crippen LogP) is 3.52. The summed E-state index contributed by atoms with van der Waals surface area (Å²) in [5, 5.41) is 0. The van der Waals surface area contributed by atoms with Crippen molar-refractivity contribution < 1.29 is 21.6 Å². The highest BCUT2D eigenvalue weighted by Gasteiger charge is 2.35. The Hall–Kier alpha value is -2.85. The number of aromatic nitrogens is 3. The van der Waals surface area contributed by atoms with E-state index in [1.807, 2.05) is 18.2 Å². The highest BCUT2D eigenvalue weighted by atomic mass is 32.2. The summed E-state index contributed by atoms with van der Waals surface area (Å²) in [6.07, 6.45) is -1.72. The third-order valence-electron chi connectivity index (χ3n) is 5.04. The van der Waals surface area contributed by atoms with Crippen molar-refractivity contribution in [2.24, 2.45) is 0 Å². The second-order valence-electron chi connectivity index (χ2n) is 7.43.